The minimum atomic E-state index is -3.38. The molecule has 0 spiro atoms. The maximum Gasteiger partial charge on any atom is 0.240 e. The number of sulfonamides is 1. The van der Waals surface area contributed by atoms with Crippen molar-refractivity contribution >= 4 is 26.0 Å². The van der Waals surface area contributed by atoms with Crippen LogP contribution >= 0.6 is 15.9 Å². The third-order valence-electron chi connectivity index (χ3n) is 3.50. The van der Waals surface area contributed by atoms with Crippen LogP contribution in [0.1, 0.15) is 13.3 Å². The minimum Gasteiger partial charge on any atom is -0.303 e. The fourth-order valence-electron chi connectivity index (χ4n) is 2.29. The van der Waals surface area contributed by atoms with E-state index in [0.29, 0.717) is 17.4 Å². The monoisotopic (exact) mass is 346 g/mol. The largest absolute Gasteiger partial charge is 0.303 e. The maximum atomic E-state index is 12.1. The van der Waals surface area contributed by atoms with Gasteiger partial charge in [-0.2, -0.15) is 0 Å². The van der Waals surface area contributed by atoms with Crippen molar-refractivity contribution in [2.24, 2.45) is 5.92 Å². The van der Waals surface area contributed by atoms with E-state index in [1.54, 1.807) is 24.3 Å². The quantitative estimate of drug-likeness (QED) is 0.887. The van der Waals surface area contributed by atoms with Crippen molar-refractivity contribution < 1.29 is 8.42 Å². The van der Waals surface area contributed by atoms with Gasteiger partial charge in [0.25, 0.3) is 0 Å². The predicted molar refractivity (Wildman–Crippen MR) is 79.6 cm³/mol. The van der Waals surface area contributed by atoms with E-state index in [4.69, 9.17) is 0 Å². The molecule has 1 saturated heterocycles. The molecule has 1 heterocycles. The van der Waals surface area contributed by atoms with E-state index in [1.165, 1.54) is 0 Å². The smallest absolute Gasteiger partial charge is 0.240 e. The van der Waals surface area contributed by atoms with Crippen LogP contribution in [0.25, 0.3) is 0 Å². The van der Waals surface area contributed by atoms with Crippen molar-refractivity contribution in [3.63, 3.8) is 0 Å². The Bertz CT molecular complexity index is 516. The summed E-state index contributed by atoms with van der Waals surface area (Å²) in [5, 5.41) is 0. The van der Waals surface area contributed by atoms with Gasteiger partial charge in [0.2, 0.25) is 10.0 Å². The highest BCUT2D eigenvalue weighted by Gasteiger charge is 2.23. The van der Waals surface area contributed by atoms with Crippen molar-refractivity contribution in [2.45, 2.75) is 18.2 Å². The summed E-state index contributed by atoms with van der Waals surface area (Å²) in [5.41, 5.74) is 0. The average Bonchev–Trinajstić information content (AvgIpc) is 2.85. The van der Waals surface area contributed by atoms with Gasteiger partial charge in [-0.1, -0.05) is 22.9 Å². The average molecular weight is 347 g/mol. The Labute approximate surface area is 123 Å². The molecule has 0 amide bonds. The number of halogens is 1. The zero-order chi connectivity index (χ0) is 13.9. The van der Waals surface area contributed by atoms with E-state index in [0.717, 1.165) is 30.5 Å². The number of benzene rings is 1. The summed E-state index contributed by atoms with van der Waals surface area (Å²) in [7, 11) is -3.38. The Hall–Kier alpha value is -0.430. The molecular weight excluding hydrogens is 328 g/mol. The van der Waals surface area contributed by atoms with Crippen LogP contribution in [-0.4, -0.2) is 39.5 Å². The van der Waals surface area contributed by atoms with Gasteiger partial charge in [0.15, 0.2) is 0 Å². The Balaban J connectivity index is 1.93. The molecule has 0 bridgehead atoms. The molecule has 106 valence electrons. The van der Waals surface area contributed by atoms with Crippen molar-refractivity contribution in [2.75, 3.05) is 26.2 Å². The number of likely N-dealkylation sites (tertiary alicyclic amines) is 1. The van der Waals surface area contributed by atoms with E-state index < -0.39 is 10.0 Å². The zero-order valence-electron chi connectivity index (χ0n) is 11.0. The summed E-state index contributed by atoms with van der Waals surface area (Å²) in [4.78, 5) is 2.67. The van der Waals surface area contributed by atoms with Crippen molar-refractivity contribution in [1.82, 2.24) is 9.62 Å². The van der Waals surface area contributed by atoms with E-state index >= 15 is 0 Å². The fraction of sp³-hybridized carbons (Fsp3) is 0.538. The molecule has 4 nitrogen and oxygen atoms in total. The van der Waals surface area contributed by atoms with Gasteiger partial charge in [-0.15, -0.1) is 0 Å². The summed E-state index contributed by atoms with van der Waals surface area (Å²) in [6.45, 7) is 5.75. The summed E-state index contributed by atoms with van der Waals surface area (Å²) >= 11 is 3.30. The molecule has 1 aliphatic rings. The van der Waals surface area contributed by atoms with Crippen LogP contribution in [-0.2, 0) is 10.0 Å². The van der Waals surface area contributed by atoms with Gasteiger partial charge < -0.3 is 4.90 Å². The SMILES string of the molecule is CCN1CCC(CNS(=O)(=O)c2ccc(Br)cc2)C1. The van der Waals surface area contributed by atoms with Crippen molar-refractivity contribution in [1.29, 1.82) is 0 Å². The normalized spacial score (nSPS) is 20.8. The van der Waals surface area contributed by atoms with Gasteiger partial charge in [0, 0.05) is 17.6 Å². The molecule has 1 aromatic rings. The third kappa shape index (κ3) is 4.02. The second-order valence-corrected chi connectivity index (χ2v) is 7.54. The lowest BCUT2D eigenvalue weighted by Crippen LogP contribution is -2.31. The highest BCUT2D eigenvalue weighted by molar-refractivity contribution is 9.10. The second kappa shape index (κ2) is 6.35. The molecular formula is C13H19BrN2O2S. The predicted octanol–water partition coefficient (Wildman–Crippen LogP) is 2.07. The van der Waals surface area contributed by atoms with Gasteiger partial charge in [-0.25, -0.2) is 13.1 Å². The van der Waals surface area contributed by atoms with Gasteiger partial charge in [-0.05, 0) is 49.7 Å². The topological polar surface area (TPSA) is 49.4 Å². The lowest BCUT2D eigenvalue weighted by atomic mass is 10.1. The van der Waals surface area contributed by atoms with Crippen LogP contribution in [0.5, 0.6) is 0 Å². The Morgan fingerprint density at radius 1 is 1.37 bits per heavy atom. The number of hydrogen-bond donors (Lipinski definition) is 1. The van der Waals surface area contributed by atoms with Gasteiger partial charge in [0.1, 0.15) is 0 Å². The standard InChI is InChI=1S/C13H19BrN2O2S/c1-2-16-8-7-11(10-16)9-15-19(17,18)13-5-3-12(14)4-6-13/h3-6,11,15H,2,7-10H2,1H3. The van der Waals surface area contributed by atoms with Crippen LogP contribution in [0.4, 0.5) is 0 Å². The molecule has 1 fully saturated rings. The number of rotatable bonds is 5. The lowest BCUT2D eigenvalue weighted by Gasteiger charge is -2.14. The second-order valence-electron chi connectivity index (χ2n) is 4.85. The Morgan fingerprint density at radius 3 is 2.63 bits per heavy atom. The number of nitrogens with zero attached hydrogens (tertiary/aromatic N) is 1. The molecule has 1 aliphatic heterocycles. The molecule has 1 unspecified atom stereocenters. The van der Waals surface area contributed by atoms with Crippen LogP contribution in [0.3, 0.4) is 0 Å². The minimum absolute atomic E-state index is 0.320. The highest BCUT2D eigenvalue weighted by Crippen LogP contribution is 2.17. The van der Waals surface area contributed by atoms with Crippen LogP contribution in [0.2, 0.25) is 0 Å². The summed E-state index contributed by atoms with van der Waals surface area (Å²) in [5.74, 6) is 0.421. The van der Waals surface area contributed by atoms with Crippen LogP contribution < -0.4 is 4.72 Å². The summed E-state index contributed by atoms with van der Waals surface area (Å²) in [6, 6.07) is 6.70. The van der Waals surface area contributed by atoms with Gasteiger partial charge >= 0.3 is 0 Å². The molecule has 0 saturated carbocycles. The van der Waals surface area contributed by atoms with Crippen LogP contribution in [0, 0.1) is 5.92 Å². The van der Waals surface area contributed by atoms with E-state index in [-0.39, 0.29) is 0 Å². The zero-order valence-corrected chi connectivity index (χ0v) is 13.4. The first-order valence-corrected chi connectivity index (χ1v) is 8.76. The first kappa shape index (κ1) is 15.0. The van der Waals surface area contributed by atoms with Crippen molar-refractivity contribution in [3.8, 4) is 0 Å². The van der Waals surface area contributed by atoms with E-state index in [1.807, 2.05) is 0 Å². The van der Waals surface area contributed by atoms with Crippen molar-refractivity contribution in [3.05, 3.63) is 28.7 Å². The Morgan fingerprint density at radius 2 is 2.05 bits per heavy atom. The first-order chi connectivity index (χ1) is 9.01. The third-order valence-corrected chi connectivity index (χ3v) is 5.47. The van der Waals surface area contributed by atoms with Gasteiger partial charge in [-0.3, -0.25) is 0 Å². The molecule has 1 aromatic carbocycles. The van der Waals surface area contributed by atoms with Gasteiger partial charge in [0.05, 0.1) is 4.90 Å². The highest BCUT2D eigenvalue weighted by atomic mass is 79.9. The molecule has 2 rings (SSSR count). The fourth-order valence-corrected chi connectivity index (χ4v) is 3.67. The number of nitrogens with one attached hydrogen (secondary N) is 1. The molecule has 0 aliphatic carbocycles. The van der Waals surface area contributed by atoms with E-state index in [9.17, 15) is 8.42 Å². The molecule has 6 heteroatoms. The Kier molecular flexibility index (Phi) is 5.00. The first-order valence-electron chi connectivity index (χ1n) is 6.49. The summed E-state index contributed by atoms with van der Waals surface area (Å²) in [6.07, 6.45) is 1.07. The maximum absolute atomic E-state index is 12.1. The molecule has 0 aromatic heterocycles. The number of hydrogen-bond acceptors (Lipinski definition) is 3. The summed E-state index contributed by atoms with van der Waals surface area (Å²) < 4.78 is 27.8. The van der Waals surface area contributed by atoms with Crippen LogP contribution in [0.15, 0.2) is 33.6 Å². The molecule has 1 N–H and O–H groups in total. The molecule has 19 heavy (non-hydrogen) atoms. The molecule has 1 atom stereocenters. The van der Waals surface area contributed by atoms with E-state index in [2.05, 4.69) is 32.5 Å². The molecule has 0 radical (unpaired) electrons. The lowest BCUT2D eigenvalue weighted by molar-refractivity contribution is 0.342.